The molecule has 2 atom stereocenters. The minimum Gasteiger partial charge on any atom is -0.478 e. The topological polar surface area (TPSA) is 49.3 Å². The van der Waals surface area contributed by atoms with E-state index >= 15 is 0 Å². The Labute approximate surface area is 112 Å². The van der Waals surface area contributed by atoms with E-state index in [1.807, 2.05) is 0 Å². The molecular formula is C15H20FNO2. The van der Waals surface area contributed by atoms with Gasteiger partial charge in [-0.2, -0.15) is 0 Å². The van der Waals surface area contributed by atoms with Gasteiger partial charge in [-0.05, 0) is 42.4 Å². The minimum atomic E-state index is -1.04. The molecule has 1 aliphatic rings. The summed E-state index contributed by atoms with van der Waals surface area (Å²) in [5.41, 5.74) is 0.640. The van der Waals surface area contributed by atoms with Crippen LogP contribution in [0, 0.1) is 17.2 Å². The fourth-order valence-corrected chi connectivity index (χ4v) is 3.06. The van der Waals surface area contributed by atoms with E-state index in [2.05, 4.69) is 26.1 Å². The first kappa shape index (κ1) is 13.8. The molecule has 3 nitrogen and oxygen atoms in total. The average molecular weight is 265 g/mol. The highest BCUT2D eigenvalue weighted by Crippen LogP contribution is 2.42. The van der Waals surface area contributed by atoms with Crippen LogP contribution in [0.3, 0.4) is 0 Å². The summed E-state index contributed by atoms with van der Waals surface area (Å²) in [4.78, 5) is 10.9. The summed E-state index contributed by atoms with van der Waals surface area (Å²) in [5, 5.41) is 12.1. The molecule has 0 amide bonds. The van der Waals surface area contributed by atoms with Gasteiger partial charge in [0.15, 0.2) is 0 Å². The molecule has 19 heavy (non-hydrogen) atoms. The molecule has 2 N–H and O–H groups in total. The van der Waals surface area contributed by atoms with Crippen LogP contribution in [0.2, 0.25) is 0 Å². The number of carboxylic acid groups (broad SMARTS) is 1. The molecule has 1 aromatic rings. The summed E-state index contributed by atoms with van der Waals surface area (Å²) < 4.78 is 13.8. The highest BCUT2D eigenvalue weighted by Gasteiger charge is 2.36. The number of nitrogens with one attached hydrogen (secondary N) is 1. The van der Waals surface area contributed by atoms with Crippen molar-refractivity contribution in [3.63, 3.8) is 0 Å². The van der Waals surface area contributed by atoms with Crippen LogP contribution in [-0.4, -0.2) is 17.1 Å². The second kappa shape index (κ2) is 4.83. The molecule has 1 aromatic carbocycles. The Kier molecular flexibility index (Phi) is 3.52. The summed E-state index contributed by atoms with van der Waals surface area (Å²) in [6, 6.07) is 4.05. The first-order valence-electron chi connectivity index (χ1n) is 6.58. The Morgan fingerprint density at radius 3 is 2.63 bits per heavy atom. The molecule has 0 bridgehead atoms. The summed E-state index contributed by atoms with van der Waals surface area (Å²) in [6.07, 6.45) is 2.05. The quantitative estimate of drug-likeness (QED) is 0.874. The van der Waals surface area contributed by atoms with Crippen molar-refractivity contribution in [1.29, 1.82) is 0 Å². The molecule has 2 rings (SSSR count). The third-order valence-corrected chi connectivity index (χ3v) is 3.89. The average Bonchev–Trinajstić information content (AvgIpc) is 2.54. The number of carboxylic acids is 1. The standard InChI is InChI=1S/C15H20FNO2/c1-9-7-15(2,3)8-13(9)17-12-6-10(14(18)19)4-5-11(12)16/h4-6,9,13,17H,7-8H2,1-3H3,(H,18,19). The normalized spacial score (nSPS) is 25.3. The number of halogens is 1. The molecule has 0 heterocycles. The van der Waals surface area contributed by atoms with Crippen molar-refractivity contribution in [2.24, 2.45) is 11.3 Å². The van der Waals surface area contributed by atoms with E-state index in [0.29, 0.717) is 5.92 Å². The second-order valence-corrected chi connectivity index (χ2v) is 6.30. The third-order valence-electron chi connectivity index (χ3n) is 3.89. The monoisotopic (exact) mass is 265 g/mol. The van der Waals surface area contributed by atoms with Gasteiger partial charge in [0.05, 0.1) is 11.3 Å². The zero-order valence-corrected chi connectivity index (χ0v) is 11.5. The zero-order chi connectivity index (χ0) is 14.2. The van der Waals surface area contributed by atoms with Crippen LogP contribution in [0.15, 0.2) is 18.2 Å². The maximum Gasteiger partial charge on any atom is 0.335 e. The van der Waals surface area contributed by atoms with Gasteiger partial charge < -0.3 is 10.4 Å². The lowest BCUT2D eigenvalue weighted by Crippen LogP contribution is -2.23. The highest BCUT2D eigenvalue weighted by atomic mass is 19.1. The molecule has 0 aromatic heterocycles. The molecule has 4 heteroatoms. The van der Waals surface area contributed by atoms with Gasteiger partial charge >= 0.3 is 5.97 Å². The maximum absolute atomic E-state index is 13.8. The van der Waals surface area contributed by atoms with Gasteiger partial charge in [0.2, 0.25) is 0 Å². The van der Waals surface area contributed by atoms with Crippen molar-refractivity contribution in [3.05, 3.63) is 29.6 Å². The van der Waals surface area contributed by atoms with Crippen molar-refractivity contribution in [2.75, 3.05) is 5.32 Å². The summed E-state index contributed by atoms with van der Waals surface area (Å²) in [5.74, 6) is -0.993. The second-order valence-electron chi connectivity index (χ2n) is 6.30. The third kappa shape index (κ3) is 3.06. The van der Waals surface area contributed by atoms with Gasteiger partial charge in [-0.1, -0.05) is 20.8 Å². The Balaban J connectivity index is 2.19. The summed E-state index contributed by atoms with van der Waals surface area (Å²) >= 11 is 0. The van der Waals surface area contributed by atoms with Crippen LogP contribution in [0.5, 0.6) is 0 Å². The highest BCUT2D eigenvalue weighted by molar-refractivity contribution is 5.88. The minimum absolute atomic E-state index is 0.105. The van der Waals surface area contributed by atoms with Gasteiger partial charge in [-0.3, -0.25) is 0 Å². The van der Waals surface area contributed by atoms with Crippen LogP contribution < -0.4 is 5.32 Å². The predicted molar refractivity (Wildman–Crippen MR) is 72.9 cm³/mol. The molecule has 1 saturated carbocycles. The van der Waals surface area contributed by atoms with Crippen molar-refractivity contribution in [3.8, 4) is 0 Å². The van der Waals surface area contributed by atoms with Crippen LogP contribution in [0.4, 0.5) is 10.1 Å². The number of benzene rings is 1. The van der Waals surface area contributed by atoms with Crippen molar-refractivity contribution >= 4 is 11.7 Å². The first-order chi connectivity index (χ1) is 8.78. The maximum atomic E-state index is 13.8. The Hall–Kier alpha value is -1.58. The molecule has 104 valence electrons. The van der Waals surface area contributed by atoms with Crippen molar-refractivity contribution < 1.29 is 14.3 Å². The number of rotatable bonds is 3. The SMILES string of the molecule is CC1CC(C)(C)CC1Nc1cc(C(=O)O)ccc1F. The van der Waals surface area contributed by atoms with Gasteiger partial charge in [0, 0.05) is 6.04 Å². The zero-order valence-electron chi connectivity index (χ0n) is 11.5. The van der Waals surface area contributed by atoms with E-state index < -0.39 is 11.8 Å². The van der Waals surface area contributed by atoms with Gasteiger partial charge in [0.25, 0.3) is 0 Å². The van der Waals surface area contributed by atoms with Gasteiger partial charge in [0.1, 0.15) is 5.82 Å². The summed E-state index contributed by atoms with van der Waals surface area (Å²) in [6.45, 7) is 6.55. The number of anilines is 1. The van der Waals surface area contributed by atoms with Crippen LogP contribution >= 0.6 is 0 Å². The van der Waals surface area contributed by atoms with Crippen molar-refractivity contribution in [1.82, 2.24) is 0 Å². The van der Waals surface area contributed by atoms with E-state index in [4.69, 9.17) is 5.11 Å². The van der Waals surface area contributed by atoms with Crippen LogP contribution in [0.1, 0.15) is 44.0 Å². The number of aromatic carboxylic acids is 1. The summed E-state index contributed by atoms with van der Waals surface area (Å²) in [7, 11) is 0. The molecule has 0 saturated heterocycles. The number of hydrogen-bond acceptors (Lipinski definition) is 2. The van der Waals surface area contributed by atoms with Crippen molar-refractivity contribution in [2.45, 2.75) is 39.7 Å². The fourth-order valence-electron chi connectivity index (χ4n) is 3.06. The molecule has 2 unspecified atom stereocenters. The van der Waals surface area contributed by atoms with Gasteiger partial charge in [-0.25, -0.2) is 9.18 Å². The molecule has 0 spiro atoms. The van der Waals surface area contributed by atoms with E-state index in [0.717, 1.165) is 12.8 Å². The van der Waals surface area contributed by atoms with E-state index in [1.54, 1.807) is 0 Å². The lowest BCUT2D eigenvalue weighted by molar-refractivity contribution is 0.0697. The molecule has 0 radical (unpaired) electrons. The number of carbonyl (C=O) groups is 1. The fraction of sp³-hybridized carbons (Fsp3) is 0.533. The molecule has 0 aliphatic heterocycles. The van der Waals surface area contributed by atoms with Gasteiger partial charge in [-0.15, -0.1) is 0 Å². The number of hydrogen-bond donors (Lipinski definition) is 2. The molecular weight excluding hydrogens is 245 g/mol. The lowest BCUT2D eigenvalue weighted by atomic mass is 9.91. The molecule has 1 aliphatic carbocycles. The van der Waals surface area contributed by atoms with Crippen LogP contribution in [-0.2, 0) is 0 Å². The first-order valence-corrected chi connectivity index (χ1v) is 6.58. The van der Waals surface area contributed by atoms with Crippen LogP contribution in [0.25, 0.3) is 0 Å². The molecule has 1 fully saturated rings. The predicted octanol–water partition coefficient (Wildman–Crippen LogP) is 3.76. The Morgan fingerprint density at radius 2 is 2.11 bits per heavy atom. The smallest absolute Gasteiger partial charge is 0.335 e. The van der Waals surface area contributed by atoms with E-state index in [1.165, 1.54) is 18.2 Å². The Morgan fingerprint density at radius 1 is 1.42 bits per heavy atom. The van der Waals surface area contributed by atoms with E-state index in [9.17, 15) is 9.18 Å². The lowest BCUT2D eigenvalue weighted by Gasteiger charge is -2.20. The van der Waals surface area contributed by atoms with E-state index in [-0.39, 0.29) is 22.7 Å². The Bertz CT molecular complexity index is 499. The largest absolute Gasteiger partial charge is 0.478 e.